The summed E-state index contributed by atoms with van der Waals surface area (Å²) in [6.45, 7) is 4.18. The van der Waals surface area contributed by atoms with Crippen molar-refractivity contribution in [2.75, 3.05) is 0 Å². The zero-order chi connectivity index (χ0) is 13.7. The third kappa shape index (κ3) is 3.86. The van der Waals surface area contributed by atoms with Crippen LogP contribution in [0, 0.1) is 5.82 Å². The Morgan fingerprint density at radius 1 is 1.11 bits per heavy atom. The zero-order valence-corrected chi connectivity index (χ0v) is 11.3. The minimum atomic E-state index is -0.132. The van der Waals surface area contributed by atoms with Crippen LogP contribution in [-0.4, -0.2) is 11.0 Å². The van der Waals surface area contributed by atoms with Gasteiger partial charge in [0.15, 0.2) is 0 Å². The van der Waals surface area contributed by atoms with E-state index < -0.39 is 0 Å². The van der Waals surface area contributed by atoms with Crippen LogP contribution in [0.1, 0.15) is 31.0 Å². The van der Waals surface area contributed by atoms with E-state index in [1.54, 1.807) is 18.5 Å². The van der Waals surface area contributed by atoms with E-state index in [1.807, 2.05) is 24.3 Å². The van der Waals surface area contributed by atoms with Crippen molar-refractivity contribution in [2.24, 2.45) is 0 Å². The Kier molecular flexibility index (Phi) is 4.63. The van der Waals surface area contributed by atoms with Gasteiger partial charge in [-0.15, -0.1) is 0 Å². The summed E-state index contributed by atoms with van der Waals surface area (Å²) in [5, 5.41) is 3.48. The highest BCUT2D eigenvalue weighted by Crippen LogP contribution is 2.14. The van der Waals surface area contributed by atoms with Crippen LogP contribution in [0.5, 0.6) is 0 Å². The molecule has 2 atom stereocenters. The van der Waals surface area contributed by atoms with Crippen LogP contribution in [-0.2, 0) is 6.42 Å². The fourth-order valence-electron chi connectivity index (χ4n) is 2.23. The molecule has 0 aliphatic rings. The lowest BCUT2D eigenvalue weighted by Crippen LogP contribution is -2.31. The van der Waals surface area contributed by atoms with Crippen LogP contribution in [0.25, 0.3) is 0 Å². The summed E-state index contributed by atoms with van der Waals surface area (Å²) in [5.74, 6) is -0.132. The molecule has 0 aliphatic heterocycles. The first-order chi connectivity index (χ1) is 9.16. The summed E-state index contributed by atoms with van der Waals surface area (Å²) in [7, 11) is 0. The monoisotopic (exact) mass is 258 g/mol. The number of hydrogen-bond donors (Lipinski definition) is 1. The molecule has 1 N–H and O–H groups in total. The predicted molar refractivity (Wildman–Crippen MR) is 75.4 cm³/mol. The minimum absolute atomic E-state index is 0.132. The molecule has 0 bridgehead atoms. The van der Waals surface area contributed by atoms with E-state index in [4.69, 9.17) is 0 Å². The van der Waals surface area contributed by atoms with E-state index in [-0.39, 0.29) is 17.9 Å². The molecule has 0 amide bonds. The largest absolute Gasteiger partial charge is 0.307 e. The Hall–Kier alpha value is -1.74. The Morgan fingerprint density at radius 2 is 1.79 bits per heavy atom. The van der Waals surface area contributed by atoms with Gasteiger partial charge in [0, 0.05) is 24.5 Å². The van der Waals surface area contributed by atoms with Crippen LogP contribution in [0.4, 0.5) is 4.39 Å². The fraction of sp³-hybridized carbons (Fsp3) is 0.312. The topological polar surface area (TPSA) is 24.9 Å². The first-order valence-electron chi connectivity index (χ1n) is 6.56. The van der Waals surface area contributed by atoms with E-state index >= 15 is 0 Å². The number of benzene rings is 1. The molecule has 0 spiro atoms. The second-order valence-corrected chi connectivity index (χ2v) is 4.87. The first-order valence-corrected chi connectivity index (χ1v) is 6.56. The smallest absolute Gasteiger partial charge is 0.126 e. The lowest BCUT2D eigenvalue weighted by Gasteiger charge is -2.20. The van der Waals surface area contributed by atoms with Crippen LogP contribution >= 0.6 is 0 Å². The van der Waals surface area contributed by atoms with E-state index in [0.717, 1.165) is 5.56 Å². The second kappa shape index (κ2) is 6.43. The molecule has 19 heavy (non-hydrogen) atoms. The molecule has 1 unspecified atom stereocenters. The average Bonchev–Trinajstić information content (AvgIpc) is 2.42. The van der Waals surface area contributed by atoms with Crippen molar-refractivity contribution in [3.05, 3.63) is 65.7 Å². The number of pyridine rings is 1. The van der Waals surface area contributed by atoms with Gasteiger partial charge >= 0.3 is 0 Å². The van der Waals surface area contributed by atoms with Crippen molar-refractivity contribution in [1.82, 2.24) is 10.3 Å². The number of nitrogens with one attached hydrogen (secondary N) is 1. The normalized spacial score (nSPS) is 14.1. The quantitative estimate of drug-likeness (QED) is 0.887. The Bertz CT molecular complexity index is 513. The number of nitrogens with zero attached hydrogens (tertiary/aromatic N) is 1. The van der Waals surface area contributed by atoms with Crippen LogP contribution in [0.2, 0.25) is 0 Å². The van der Waals surface area contributed by atoms with Gasteiger partial charge < -0.3 is 5.32 Å². The summed E-state index contributed by atoms with van der Waals surface area (Å²) in [5.41, 5.74) is 1.94. The first kappa shape index (κ1) is 13.7. The number of hydrogen-bond acceptors (Lipinski definition) is 2. The van der Waals surface area contributed by atoms with Crippen molar-refractivity contribution < 1.29 is 4.39 Å². The maximum absolute atomic E-state index is 13.6. The Morgan fingerprint density at radius 3 is 2.47 bits per heavy atom. The molecule has 0 saturated heterocycles. The maximum atomic E-state index is 13.6. The predicted octanol–water partition coefficient (Wildman–Crippen LogP) is 3.50. The van der Waals surface area contributed by atoms with Crippen LogP contribution in [0.15, 0.2) is 48.8 Å². The lowest BCUT2D eigenvalue weighted by atomic mass is 10.0. The molecule has 3 heteroatoms. The molecule has 2 nitrogen and oxygen atoms in total. The summed E-state index contributed by atoms with van der Waals surface area (Å²) in [6.07, 6.45) is 4.26. The Balaban J connectivity index is 1.95. The highest BCUT2D eigenvalue weighted by Gasteiger charge is 2.11. The molecule has 0 fully saturated rings. The standard InChI is InChI=1S/C16H19FN2/c1-12(11-15-5-3-4-6-16(15)17)19-13(2)14-7-9-18-10-8-14/h3-10,12-13,19H,11H2,1-2H3/t12?,13-/m1/s1. The van der Waals surface area contributed by atoms with Crippen LogP contribution in [0.3, 0.4) is 0 Å². The lowest BCUT2D eigenvalue weighted by molar-refractivity contribution is 0.469. The molecule has 1 heterocycles. The van der Waals surface area contributed by atoms with Crippen molar-refractivity contribution in [3.63, 3.8) is 0 Å². The van der Waals surface area contributed by atoms with E-state index in [2.05, 4.69) is 24.1 Å². The van der Waals surface area contributed by atoms with Gasteiger partial charge in [0.2, 0.25) is 0 Å². The Labute approximate surface area is 113 Å². The van der Waals surface area contributed by atoms with Crippen LogP contribution < -0.4 is 5.32 Å². The number of halogens is 1. The van der Waals surface area contributed by atoms with E-state index in [0.29, 0.717) is 6.42 Å². The van der Waals surface area contributed by atoms with Gasteiger partial charge in [-0.3, -0.25) is 4.98 Å². The third-order valence-electron chi connectivity index (χ3n) is 3.22. The molecule has 0 aliphatic carbocycles. The van der Waals surface area contributed by atoms with Gasteiger partial charge in [-0.1, -0.05) is 18.2 Å². The summed E-state index contributed by atoms with van der Waals surface area (Å²) >= 11 is 0. The molecule has 0 saturated carbocycles. The third-order valence-corrected chi connectivity index (χ3v) is 3.22. The highest BCUT2D eigenvalue weighted by atomic mass is 19.1. The van der Waals surface area contributed by atoms with Gasteiger partial charge in [-0.05, 0) is 49.6 Å². The fourth-order valence-corrected chi connectivity index (χ4v) is 2.23. The summed E-state index contributed by atoms with van der Waals surface area (Å²) in [6, 6.07) is 11.4. The minimum Gasteiger partial charge on any atom is -0.307 e. The molecule has 0 radical (unpaired) electrons. The van der Waals surface area contributed by atoms with Crippen molar-refractivity contribution in [3.8, 4) is 0 Å². The molecule has 1 aromatic heterocycles. The number of aromatic nitrogens is 1. The van der Waals surface area contributed by atoms with Gasteiger partial charge in [0.1, 0.15) is 5.82 Å². The zero-order valence-electron chi connectivity index (χ0n) is 11.3. The van der Waals surface area contributed by atoms with Crippen molar-refractivity contribution >= 4 is 0 Å². The van der Waals surface area contributed by atoms with Gasteiger partial charge in [-0.2, -0.15) is 0 Å². The van der Waals surface area contributed by atoms with E-state index in [9.17, 15) is 4.39 Å². The van der Waals surface area contributed by atoms with Gasteiger partial charge in [-0.25, -0.2) is 4.39 Å². The molecular formula is C16H19FN2. The van der Waals surface area contributed by atoms with Crippen molar-refractivity contribution in [1.29, 1.82) is 0 Å². The van der Waals surface area contributed by atoms with Gasteiger partial charge in [0.25, 0.3) is 0 Å². The molecule has 2 rings (SSSR count). The molecule has 1 aromatic carbocycles. The molecule has 2 aromatic rings. The average molecular weight is 258 g/mol. The second-order valence-electron chi connectivity index (χ2n) is 4.87. The number of rotatable bonds is 5. The summed E-state index contributed by atoms with van der Waals surface area (Å²) < 4.78 is 13.6. The summed E-state index contributed by atoms with van der Waals surface area (Å²) in [4.78, 5) is 4.01. The molecule has 100 valence electrons. The van der Waals surface area contributed by atoms with E-state index in [1.165, 1.54) is 11.6 Å². The maximum Gasteiger partial charge on any atom is 0.126 e. The van der Waals surface area contributed by atoms with Gasteiger partial charge in [0.05, 0.1) is 0 Å². The van der Waals surface area contributed by atoms with Crippen molar-refractivity contribution in [2.45, 2.75) is 32.4 Å². The highest BCUT2D eigenvalue weighted by molar-refractivity contribution is 5.19. The SMILES string of the molecule is CC(Cc1ccccc1F)N[C@H](C)c1ccncc1. The molecular weight excluding hydrogens is 239 g/mol.